The van der Waals surface area contributed by atoms with Crippen molar-refractivity contribution in [3.8, 4) is 0 Å². The molecular weight excluding hydrogens is 342 g/mol. The first-order valence-electron chi connectivity index (χ1n) is 8.58. The van der Waals surface area contributed by atoms with Gasteiger partial charge in [0.15, 0.2) is 0 Å². The predicted molar refractivity (Wildman–Crippen MR) is 94.5 cm³/mol. The lowest BCUT2D eigenvalue weighted by molar-refractivity contribution is -0.126. The van der Waals surface area contributed by atoms with Gasteiger partial charge in [0.1, 0.15) is 9.88 Å². The molecule has 0 radical (unpaired) electrons. The molecule has 8 heteroatoms. The van der Waals surface area contributed by atoms with E-state index in [0.29, 0.717) is 10.7 Å². The first-order chi connectivity index (χ1) is 11.8. The summed E-state index contributed by atoms with van der Waals surface area (Å²) in [6.07, 6.45) is 4.22. The molecule has 1 aliphatic rings. The second-order valence-corrected chi connectivity index (χ2v) is 7.69. The van der Waals surface area contributed by atoms with Crippen molar-refractivity contribution < 1.29 is 19.5 Å². The van der Waals surface area contributed by atoms with Gasteiger partial charge in [0.2, 0.25) is 11.8 Å². The van der Waals surface area contributed by atoms with Gasteiger partial charge in [-0.15, -0.1) is 11.3 Å². The van der Waals surface area contributed by atoms with Gasteiger partial charge < -0.3 is 15.7 Å². The molecule has 1 fully saturated rings. The molecule has 2 rings (SSSR count). The Hall–Kier alpha value is -1.96. The van der Waals surface area contributed by atoms with Crippen LogP contribution in [0.1, 0.15) is 72.4 Å². The van der Waals surface area contributed by atoms with Crippen LogP contribution < -0.4 is 10.6 Å². The first-order valence-corrected chi connectivity index (χ1v) is 9.40. The second-order valence-electron chi connectivity index (χ2n) is 6.66. The Labute approximate surface area is 151 Å². The van der Waals surface area contributed by atoms with Gasteiger partial charge in [-0.2, -0.15) is 0 Å². The summed E-state index contributed by atoms with van der Waals surface area (Å²) in [5.41, 5.74) is 0.450. The van der Waals surface area contributed by atoms with Crippen molar-refractivity contribution in [3.63, 3.8) is 0 Å². The Bertz CT molecular complexity index is 652. The van der Waals surface area contributed by atoms with Gasteiger partial charge in [0.25, 0.3) is 0 Å². The van der Waals surface area contributed by atoms with E-state index in [0.717, 1.165) is 37.0 Å². The lowest BCUT2D eigenvalue weighted by Crippen LogP contribution is -2.40. The van der Waals surface area contributed by atoms with Gasteiger partial charge in [0, 0.05) is 18.4 Å². The molecule has 1 heterocycles. The average Bonchev–Trinajstić information content (AvgIpc) is 3.15. The molecule has 2 atom stereocenters. The highest BCUT2D eigenvalue weighted by Gasteiger charge is 2.25. The van der Waals surface area contributed by atoms with Gasteiger partial charge in [0.05, 0.1) is 11.7 Å². The number of hydrogen-bond acceptors (Lipinski definition) is 5. The van der Waals surface area contributed by atoms with E-state index in [4.69, 9.17) is 5.11 Å². The number of carbonyl (C=O) groups is 3. The van der Waals surface area contributed by atoms with Crippen molar-refractivity contribution in [1.29, 1.82) is 0 Å². The van der Waals surface area contributed by atoms with E-state index in [9.17, 15) is 14.4 Å². The molecule has 0 saturated heterocycles. The quantitative estimate of drug-likeness (QED) is 0.686. The average molecular weight is 367 g/mol. The Morgan fingerprint density at radius 2 is 1.88 bits per heavy atom. The lowest BCUT2D eigenvalue weighted by atomic mass is 10.1. The molecule has 3 N–H and O–H groups in total. The van der Waals surface area contributed by atoms with E-state index in [-0.39, 0.29) is 41.1 Å². The third-order valence-electron chi connectivity index (χ3n) is 4.36. The highest BCUT2D eigenvalue weighted by atomic mass is 32.1. The predicted octanol–water partition coefficient (Wildman–Crippen LogP) is 2.41. The van der Waals surface area contributed by atoms with Gasteiger partial charge in [-0.3, -0.25) is 9.59 Å². The van der Waals surface area contributed by atoms with Crippen molar-refractivity contribution >= 4 is 29.1 Å². The van der Waals surface area contributed by atoms with Crippen molar-refractivity contribution in [2.24, 2.45) is 5.92 Å². The number of carbonyl (C=O) groups excluding carboxylic acids is 2. The SMILES string of the molecule is Cc1nc(C(C)NC(=O)CC(C)NC(=O)C2CCCC2)sc1C(=O)O. The molecule has 0 aliphatic heterocycles. The molecule has 1 saturated carbocycles. The highest BCUT2D eigenvalue weighted by Crippen LogP contribution is 2.25. The van der Waals surface area contributed by atoms with E-state index in [2.05, 4.69) is 15.6 Å². The Morgan fingerprint density at radius 1 is 1.24 bits per heavy atom. The topological polar surface area (TPSA) is 108 Å². The zero-order chi connectivity index (χ0) is 18.6. The minimum Gasteiger partial charge on any atom is -0.477 e. The third-order valence-corrected chi connectivity index (χ3v) is 5.69. The molecule has 0 bridgehead atoms. The number of aromatic nitrogens is 1. The molecule has 0 spiro atoms. The Kier molecular flexibility index (Phi) is 6.52. The van der Waals surface area contributed by atoms with Gasteiger partial charge in [-0.1, -0.05) is 12.8 Å². The maximum atomic E-state index is 12.2. The zero-order valence-electron chi connectivity index (χ0n) is 14.8. The Morgan fingerprint density at radius 3 is 2.44 bits per heavy atom. The second kappa shape index (κ2) is 8.42. The van der Waals surface area contributed by atoms with E-state index >= 15 is 0 Å². The molecule has 25 heavy (non-hydrogen) atoms. The number of aryl methyl sites for hydroxylation is 1. The van der Waals surface area contributed by atoms with E-state index in [1.165, 1.54) is 0 Å². The van der Waals surface area contributed by atoms with Crippen LogP contribution in [0.25, 0.3) is 0 Å². The minimum absolute atomic E-state index is 0.0347. The van der Waals surface area contributed by atoms with Crippen LogP contribution in [0.3, 0.4) is 0 Å². The largest absolute Gasteiger partial charge is 0.477 e. The number of nitrogens with one attached hydrogen (secondary N) is 2. The van der Waals surface area contributed by atoms with Crippen molar-refractivity contribution in [3.05, 3.63) is 15.6 Å². The van der Waals surface area contributed by atoms with Crippen molar-refractivity contribution in [1.82, 2.24) is 15.6 Å². The molecule has 0 aromatic carbocycles. The third kappa shape index (κ3) is 5.26. The summed E-state index contributed by atoms with van der Waals surface area (Å²) in [5.74, 6) is -1.09. The van der Waals surface area contributed by atoms with E-state index in [1.807, 2.05) is 6.92 Å². The molecular formula is C17H25N3O4S. The molecule has 1 aromatic rings. The number of carboxylic acid groups (broad SMARTS) is 1. The van der Waals surface area contributed by atoms with E-state index < -0.39 is 5.97 Å². The smallest absolute Gasteiger partial charge is 0.347 e. The van der Waals surface area contributed by atoms with Crippen LogP contribution in [0.15, 0.2) is 0 Å². The summed E-state index contributed by atoms with van der Waals surface area (Å²) in [7, 11) is 0. The maximum Gasteiger partial charge on any atom is 0.347 e. The van der Waals surface area contributed by atoms with Crippen LogP contribution in [-0.2, 0) is 9.59 Å². The minimum atomic E-state index is -1.01. The zero-order valence-corrected chi connectivity index (χ0v) is 15.6. The number of carboxylic acids is 1. The van der Waals surface area contributed by atoms with Crippen LogP contribution in [0.4, 0.5) is 0 Å². The summed E-state index contributed by atoms with van der Waals surface area (Å²) < 4.78 is 0. The maximum absolute atomic E-state index is 12.2. The van der Waals surface area contributed by atoms with Crippen LogP contribution in [0, 0.1) is 12.8 Å². The summed E-state index contributed by atoms with van der Waals surface area (Å²) in [4.78, 5) is 39.7. The number of hydrogen-bond donors (Lipinski definition) is 3. The summed E-state index contributed by atoms with van der Waals surface area (Å²) in [5, 5.41) is 15.4. The lowest BCUT2D eigenvalue weighted by Gasteiger charge is -2.18. The van der Waals surface area contributed by atoms with Crippen LogP contribution in [-0.4, -0.2) is 33.9 Å². The number of rotatable bonds is 7. The summed E-state index contributed by atoms with van der Waals surface area (Å²) in [6, 6.07) is -0.616. The normalized spacial score (nSPS) is 17.1. The molecule has 2 unspecified atom stereocenters. The molecule has 2 amide bonds. The Balaban J connectivity index is 1.83. The fourth-order valence-corrected chi connectivity index (χ4v) is 3.95. The van der Waals surface area contributed by atoms with Gasteiger partial charge >= 0.3 is 5.97 Å². The van der Waals surface area contributed by atoms with E-state index in [1.54, 1.807) is 13.8 Å². The summed E-state index contributed by atoms with van der Waals surface area (Å²) in [6.45, 7) is 5.22. The number of nitrogens with zero attached hydrogens (tertiary/aromatic N) is 1. The summed E-state index contributed by atoms with van der Waals surface area (Å²) >= 11 is 1.07. The fourth-order valence-electron chi connectivity index (χ4n) is 3.04. The monoisotopic (exact) mass is 367 g/mol. The number of thiazole rings is 1. The number of amides is 2. The fraction of sp³-hybridized carbons (Fsp3) is 0.647. The van der Waals surface area contributed by atoms with Crippen molar-refractivity contribution in [2.45, 2.75) is 65.0 Å². The molecule has 7 nitrogen and oxygen atoms in total. The first kappa shape index (κ1) is 19.4. The van der Waals surface area contributed by atoms with Crippen LogP contribution >= 0.6 is 11.3 Å². The van der Waals surface area contributed by atoms with Crippen LogP contribution in [0.5, 0.6) is 0 Å². The standard InChI is InChI=1S/C17H25N3O4S/c1-9(18-15(22)12-6-4-5-7-12)8-13(21)19-11(3)16-20-10(2)14(25-16)17(23)24/h9,11-12H,4-8H2,1-3H3,(H,18,22)(H,19,21)(H,23,24). The molecule has 1 aromatic heterocycles. The molecule has 1 aliphatic carbocycles. The van der Waals surface area contributed by atoms with Crippen molar-refractivity contribution in [2.75, 3.05) is 0 Å². The molecule has 138 valence electrons. The van der Waals surface area contributed by atoms with Gasteiger partial charge in [-0.25, -0.2) is 9.78 Å². The van der Waals surface area contributed by atoms with Gasteiger partial charge in [-0.05, 0) is 33.6 Å². The number of aromatic carboxylic acids is 1. The van der Waals surface area contributed by atoms with Crippen LogP contribution in [0.2, 0.25) is 0 Å². The highest BCUT2D eigenvalue weighted by molar-refractivity contribution is 7.13.